The third-order valence-corrected chi connectivity index (χ3v) is 5.29. The maximum Gasteiger partial charge on any atom is 0.259 e. The number of hydrogen-bond donors (Lipinski definition) is 2. The van der Waals surface area contributed by atoms with Crippen LogP contribution >= 0.6 is 11.9 Å². The zero-order chi connectivity index (χ0) is 20.3. The number of rotatable bonds is 4. The Morgan fingerprint density at radius 3 is 2.82 bits per heavy atom. The lowest BCUT2D eigenvalue weighted by Gasteiger charge is -2.25. The fourth-order valence-corrected chi connectivity index (χ4v) is 3.44. The number of amides is 1. The van der Waals surface area contributed by atoms with E-state index in [0.717, 1.165) is 23.2 Å². The minimum atomic E-state index is -2.68. The lowest BCUT2D eigenvalue weighted by atomic mass is 10.1. The van der Waals surface area contributed by atoms with Crippen LogP contribution in [0.15, 0.2) is 29.4 Å². The van der Waals surface area contributed by atoms with E-state index >= 15 is 0 Å². The Hall–Kier alpha value is -2.26. The third kappa shape index (κ3) is 4.77. The molecule has 3 heterocycles. The standard InChI is InChI=1S/C19H23F2N5OS/c1-12-10-15(18(27)25-14-4-7-23-16(11-14)28-22)17(24-13(12)2)26-8-3-5-19(20,21)6-9-26/h4,7,10-11H,3,5-6,8-9,22H2,1-2H3,(H,23,25,27). The molecular formula is C19H23F2N5OS. The second-order valence-corrected chi connectivity index (χ2v) is 7.57. The molecule has 0 atom stereocenters. The molecule has 6 nitrogen and oxygen atoms in total. The summed E-state index contributed by atoms with van der Waals surface area (Å²) in [6.07, 6.45) is 1.52. The van der Waals surface area contributed by atoms with E-state index in [4.69, 9.17) is 5.14 Å². The molecule has 0 saturated carbocycles. The van der Waals surface area contributed by atoms with Crippen LogP contribution in [0.25, 0.3) is 0 Å². The molecule has 0 unspecified atom stereocenters. The second-order valence-electron chi connectivity index (χ2n) is 6.91. The lowest BCUT2D eigenvalue weighted by Crippen LogP contribution is -2.29. The number of nitrogens with two attached hydrogens (primary N) is 1. The fraction of sp³-hybridized carbons (Fsp3) is 0.421. The Morgan fingerprint density at radius 2 is 2.07 bits per heavy atom. The van der Waals surface area contributed by atoms with Crippen LogP contribution in [-0.2, 0) is 0 Å². The smallest absolute Gasteiger partial charge is 0.259 e. The highest BCUT2D eigenvalue weighted by atomic mass is 32.2. The van der Waals surface area contributed by atoms with Crippen LogP contribution in [-0.4, -0.2) is 34.9 Å². The van der Waals surface area contributed by atoms with E-state index < -0.39 is 5.92 Å². The first-order valence-electron chi connectivity index (χ1n) is 9.04. The Kier molecular flexibility index (Phi) is 6.14. The van der Waals surface area contributed by atoms with E-state index in [1.54, 1.807) is 29.3 Å². The van der Waals surface area contributed by atoms with Gasteiger partial charge in [0.15, 0.2) is 0 Å². The van der Waals surface area contributed by atoms with Crippen molar-refractivity contribution >= 4 is 29.4 Å². The molecule has 1 aliphatic rings. The minimum absolute atomic E-state index is 0.146. The number of carbonyl (C=O) groups excluding carboxylic acids is 1. The van der Waals surface area contributed by atoms with Crippen LogP contribution < -0.4 is 15.4 Å². The maximum absolute atomic E-state index is 13.8. The molecule has 28 heavy (non-hydrogen) atoms. The summed E-state index contributed by atoms with van der Waals surface area (Å²) in [6, 6.07) is 5.09. The molecule has 0 aliphatic carbocycles. The first-order chi connectivity index (χ1) is 13.3. The van der Waals surface area contributed by atoms with Gasteiger partial charge >= 0.3 is 0 Å². The summed E-state index contributed by atoms with van der Waals surface area (Å²) in [6.45, 7) is 4.32. The Labute approximate surface area is 167 Å². The van der Waals surface area contributed by atoms with Gasteiger partial charge in [-0.2, -0.15) is 0 Å². The van der Waals surface area contributed by atoms with Gasteiger partial charge in [-0.15, -0.1) is 0 Å². The van der Waals surface area contributed by atoms with Crippen molar-refractivity contribution in [1.82, 2.24) is 9.97 Å². The molecule has 0 aromatic carbocycles. The summed E-state index contributed by atoms with van der Waals surface area (Å²) in [5, 5.41) is 8.92. The highest BCUT2D eigenvalue weighted by Crippen LogP contribution is 2.31. The molecule has 1 aliphatic heterocycles. The molecule has 3 N–H and O–H groups in total. The molecule has 9 heteroatoms. The van der Waals surface area contributed by atoms with Crippen molar-refractivity contribution in [3.8, 4) is 0 Å². The Morgan fingerprint density at radius 1 is 1.29 bits per heavy atom. The normalized spacial score (nSPS) is 16.5. The van der Waals surface area contributed by atoms with Crippen LogP contribution in [0.4, 0.5) is 20.3 Å². The van der Waals surface area contributed by atoms with Gasteiger partial charge in [-0.25, -0.2) is 18.7 Å². The van der Waals surface area contributed by atoms with E-state index in [0.29, 0.717) is 35.1 Å². The molecule has 1 saturated heterocycles. The summed E-state index contributed by atoms with van der Waals surface area (Å²) in [5.74, 6) is -2.58. The van der Waals surface area contributed by atoms with E-state index in [9.17, 15) is 13.6 Å². The summed E-state index contributed by atoms with van der Waals surface area (Å²) in [4.78, 5) is 23.4. The van der Waals surface area contributed by atoms with E-state index in [-0.39, 0.29) is 25.3 Å². The lowest BCUT2D eigenvalue weighted by molar-refractivity contribution is -0.0102. The molecule has 0 spiro atoms. The summed E-state index contributed by atoms with van der Waals surface area (Å²) >= 11 is 0.984. The van der Waals surface area contributed by atoms with E-state index in [2.05, 4.69) is 15.3 Å². The fourth-order valence-electron chi connectivity index (χ4n) is 3.13. The van der Waals surface area contributed by atoms with Crippen molar-refractivity contribution in [2.24, 2.45) is 5.14 Å². The van der Waals surface area contributed by atoms with Crippen LogP contribution in [0, 0.1) is 13.8 Å². The quantitative estimate of drug-likeness (QED) is 0.747. The molecule has 2 aromatic heterocycles. The number of alkyl halides is 2. The SMILES string of the molecule is Cc1cc(C(=O)Nc2ccnc(SN)c2)c(N2CCCC(F)(F)CC2)nc1C. The predicted molar refractivity (Wildman–Crippen MR) is 107 cm³/mol. The molecular weight excluding hydrogens is 384 g/mol. The average molecular weight is 407 g/mol. The van der Waals surface area contributed by atoms with Crippen molar-refractivity contribution in [3.05, 3.63) is 41.2 Å². The molecule has 0 radical (unpaired) electrons. The Bertz CT molecular complexity index is 877. The predicted octanol–water partition coefficient (Wildman–Crippen LogP) is 3.94. The number of carbonyl (C=O) groups is 1. The first-order valence-corrected chi connectivity index (χ1v) is 9.92. The zero-order valence-corrected chi connectivity index (χ0v) is 16.7. The number of nitrogens with zero attached hydrogens (tertiary/aromatic N) is 3. The second kappa shape index (κ2) is 8.40. The van der Waals surface area contributed by atoms with Gasteiger partial charge in [-0.05, 0) is 56.0 Å². The maximum atomic E-state index is 13.8. The monoisotopic (exact) mass is 407 g/mol. The summed E-state index contributed by atoms with van der Waals surface area (Å²) < 4.78 is 27.5. The summed E-state index contributed by atoms with van der Waals surface area (Å²) in [5.41, 5.74) is 2.56. The minimum Gasteiger partial charge on any atom is -0.356 e. The van der Waals surface area contributed by atoms with Gasteiger partial charge in [0.1, 0.15) is 10.8 Å². The molecule has 1 amide bonds. The van der Waals surface area contributed by atoms with Gasteiger partial charge in [0.25, 0.3) is 5.91 Å². The molecule has 1 fully saturated rings. The molecule has 0 bridgehead atoms. The highest BCUT2D eigenvalue weighted by molar-refractivity contribution is 7.97. The van der Waals surface area contributed by atoms with Crippen molar-refractivity contribution in [2.75, 3.05) is 23.3 Å². The van der Waals surface area contributed by atoms with Gasteiger partial charge in [-0.1, -0.05) is 0 Å². The number of aryl methyl sites for hydroxylation is 2. The Balaban J connectivity index is 1.91. The van der Waals surface area contributed by atoms with Crippen LogP contribution in [0.2, 0.25) is 0 Å². The van der Waals surface area contributed by atoms with Crippen molar-refractivity contribution in [2.45, 2.75) is 44.1 Å². The number of anilines is 2. The van der Waals surface area contributed by atoms with E-state index in [1.165, 1.54) is 0 Å². The molecule has 3 rings (SSSR count). The highest BCUT2D eigenvalue weighted by Gasteiger charge is 2.33. The first kappa shape index (κ1) is 20.5. The molecule has 150 valence electrons. The number of pyridine rings is 2. The third-order valence-electron chi connectivity index (χ3n) is 4.82. The van der Waals surface area contributed by atoms with Crippen molar-refractivity contribution < 1.29 is 13.6 Å². The summed E-state index contributed by atoms with van der Waals surface area (Å²) in [7, 11) is 0. The number of hydrogen-bond acceptors (Lipinski definition) is 6. The van der Waals surface area contributed by atoms with Crippen LogP contribution in [0.3, 0.4) is 0 Å². The van der Waals surface area contributed by atoms with Crippen molar-refractivity contribution in [3.63, 3.8) is 0 Å². The van der Waals surface area contributed by atoms with Crippen LogP contribution in [0.5, 0.6) is 0 Å². The van der Waals surface area contributed by atoms with Gasteiger partial charge in [0.05, 0.1) is 5.56 Å². The van der Waals surface area contributed by atoms with Crippen LogP contribution in [0.1, 0.15) is 40.9 Å². The van der Waals surface area contributed by atoms with Gasteiger partial charge in [-0.3, -0.25) is 9.93 Å². The number of aromatic nitrogens is 2. The zero-order valence-electron chi connectivity index (χ0n) is 15.8. The average Bonchev–Trinajstić information content (AvgIpc) is 2.84. The topological polar surface area (TPSA) is 84.1 Å². The van der Waals surface area contributed by atoms with Crippen molar-refractivity contribution in [1.29, 1.82) is 0 Å². The largest absolute Gasteiger partial charge is 0.356 e. The van der Waals surface area contributed by atoms with Gasteiger partial charge in [0, 0.05) is 43.5 Å². The number of halogens is 2. The van der Waals surface area contributed by atoms with Gasteiger partial charge in [0.2, 0.25) is 5.92 Å². The number of nitrogens with one attached hydrogen (secondary N) is 1. The van der Waals surface area contributed by atoms with E-state index in [1.807, 2.05) is 13.8 Å². The molecule has 2 aromatic rings. The van der Waals surface area contributed by atoms with Gasteiger partial charge < -0.3 is 10.2 Å².